The zero-order chi connectivity index (χ0) is 14.5. The molecule has 0 amide bonds. The predicted octanol–water partition coefficient (Wildman–Crippen LogP) is 1.38. The number of esters is 1. The molecular formula is C14H12BClO4. The fourth-order valence-corrected chi connectivity index (χ4v) is 1.86. The monoisotopic (exact) mass is 290 g/mol. The number of carbonyl (C=O) groups excluding carboxylic acids is 1. The third-order valence-corrected chi connectivity index (χ3v) is 2.94. The van der Waals surface area contributed by atoms with E-state index < -0.39 is 13.1 Å². The molecule has 20 heavy (non-hydrogen) atoms. The highest BCUT2D eigenvalue weighted by atomic mass is 35.5. The van der Waals surface area contributed by atoms with Gasteiger partial charge in [0.1, 0.15) is 6.61 Å². The molecule has 4 nitrogen and oxygen atoms in total. The van der Waals surface area contributed by atoms with Crippen LogP contribution in [0.5, 0.6) is 0 Å². The minimum Gasteiger partial charge on any atom is -0.457 e. The Bertz CT molecular complexity index is 598. The summed E-state index contributed by atoms with van der Waals surface area (Å²) in [5.41, 5.74) is 1.46. The summed E-state index contributed by atoms with van der Waals surface area (Å²) in [7, 11) is -1.55. The molecule has 0 radical (unpaired) electrons. The van der Waals surface area contributed by atoms with Crippen LogP contribution < -0.4 is 5.46 Å². The highest BCUT2D eigenvalue weighted by molar-refractivity contribution is 6.58. The summed E-state index contributed by atoms with van der Waals surface area (Å²) >= 11 is 5.84. The van der Waals surface area contributed by atoms with Crippen LogP contribution >= 0.6 is 11.6 Å². The Morgan fingerprint density at radius 2 is 1.85 bits per heavy atom. The van der Waals surface area contributed by atoms with Gasteiger partial charge in [0.05, 0.1) is 5.56 Å². The highest BCUT2D eigenvalue weighted by Gasteiger charge is 2.12. The fraction of sp³-hybridized carbons (Fsp3) is 0.0714. The second-order valence-electron chi connectivity index (χ2n) is 4.20. The van der Waals surface area contributed by atoms with E-state index >= 15 is 0 Å². The molecule has 0 aliphatic heterocycles. The predicted molar refractivity (Wildman–Crippen MR) is 76.8 cm³/mol. The molecule has 0 unspecified atom stereocenters. The van der Waals surface area contributed by atoms with E-state index in [0.29, 0.717) is 16.0 Å². The Hall–Kier alpha value is -1.82. The van der Waals surface area contributed by atoms with Crippen molar-refractivity contribution in [3.63, 3.8) is 0 Å². The number of benzene rings is 2. The van der Waals surface area contributed by atoms with Crippen molar-refractivity contribution in [1.29, 1.82) is 0 Å². The minimum atomic E-state index is -1.55. The second-order valence-corrected chi connectivity index (χ2v) is 4.64. The summed E-state index contributed by atoms with van der Waals surface area (Å²) < 4.78 is 5.15. The van der Waals surface area contributed by atoms with Crippen LogP contribution in [0, 0.1) is 0 Å². The molecule has 2 aromatic rings. The third kappa shape index (κ3) is 3.84. The van der Waals surface area contributed by atoms with Crippen LogP contribution in [0.2, 0.25) is 5.02 Å². The van der Waals surface area contributed by atoms with E-state index in [-0.39, 0.29) is 6.61 Å². The van der Waals surface area contributed by atoms with E-state index in [1.165, 1.54) is 24.3 Å². The van der Waals surface area contributed by atoms with Gasteiger partial charge in [0.25, 0.3) is 0 Å². The lowest BCUT2D eigenvalue weighted by Gasteiger charge is -2.06. The SMILES string of the molecule is O=C(OCc1cccc(Cl)c1)c1ccc(B(O)O)cc1. The first kappa shape index (κ1) is 14.6. The Morgan fingerprint density at radius 1 is 1.15 bits per heavy atom. The molecule has 0 bridgehead atoms. The molecule has 102 valence electrons. The first-order valence-corrected chi connectivity index (χ1v) is 6.32. The standard InChI is InChI=1S/C14H12BClO4/c16-13-3-1-2-10(8-13)9-20-14(17)11-4-6-12(7-5-11)15(18)19/h1-8,18-19H,9H2. The molecule has 0 aromatic heterocycles. The molecule has 6 heteroatoms. The van der Waals surface area contributed by atoms with Crippen LogP contribution in [-0.4, -0.2) is 23.1 Å². The van der Waals surface area contributed by atoms with Crippen molar-refractivity contribution in [2.75, 3.05) is 0 Å². The van der Waals surface area contributed by atoms with E-state index in [1.807, 2.05) is 6.07 Å². The minimum absolute atomic E-state index is 0.129. The van der Waals surface area contributed by atoms with Gasteiger partial charge in [-0.15, -0.1) is 0 Å². The molecule has 2 N–H and O–H groups in total. The first-order valence-electron chi connectivity index (χ1n) is 5.94. The average molecular weight is 291 g/mol. The van der Waals surface area contributed by atoms with Gasteiger partial charge in [-0.3, -0.25) is 0 Å². The molecule has 0 saturated heterocycles. The summed E-state index contributed by atoms with van der Waals surface area (Å²) in [6.45, 7) is 0.129. The lowest BCUT2D eigenvalue weighted by molar-refractivity contribution is 0.0472. The summed E-state index contributed by atoms with van der Waals surface area (Å²) in [6.07, 6.45) is 0. The largest absolute Gasteiger partial charge is 0.488 e. The van der Waals surface area contributed by atoms with E-state index in [0.717, 1.165) is 5.56 Å². The van der Waals surface area contributed by atoms with Crippen molar-refractivity contribution in [2.45, 2.75) is 6.61 Å². The number of carbonyl (C=O) groups is 1. The molecule has 0 saturated carbocycles. The van der Waals surface area contributed by atoms with Crippen LogP contribution in [0.1, 0.15) is 15.9 Å². The maximum atomic E-state index is 11.8. The highest BCUT2D eigenvalue weighted by Crippen LogP contribution is 2.12. The number of hydrogen-bond acceptors (Lipinski definition) is 4. The van der Waals surface area contributed by atoms with Crippen molar-refractivity contribution in [3.8, 4) is 0 Å². The molecule has 2 rings (SSSR count). The normalized spacial score (nSPS) is 10.2. The smallest absolute Gasteiger partial charge is 0.457 e. The van der Waals surface area contributed by atoms with E-state index in [1.54, 1.807) is 18.2 Å². The second kappa shape index (κ2) is 6.57. The van der Waals surface area contributed by atoms with Gasteiger partial charge >= 0.3 is 13.1 Å². The molecule has 2 aromatic carbocycles. The zero-order valence-corrected chi connectivity index (χ0v) is 11.2. The average Bonchev–Trinajstić information content (AvgIpc) is 2.45. The van der Waals surface area contributed by atoms with E-state index in [9.17, 15) is 4.79 Å². The first-order chi connectivity index (χ1) is 9.56. The van der Waals surface area contributed by atoms with Crippen LogP contribution in [0.3, 0.4) is 0 Å². The van der Waals surface area contributed by atoms with Crippen molar-refractivity contribution in [3.05, 3.63) is 64.7 Å². The van der Waals surface area contributed by atoms with Crippen molar-refractivity contribution >= 4 is 30.2 Å². The van der Waals surface area contributed by atoms with Gasteiger partial charge < -0.3 is 14.8 Å². The molecule has 0 atom stereocenters. The van der Waals surface area contributed by atoms with Gasteiger partial charge in [0.15, 0.2) is 0 Å². The molecule has 0 heterocycles. The zero-order valence-electron chi connectivity index (χ0n) is 10.5. The molecule has 0 aliphatic rings. The maximum absolute atomic E-state index is 11.8. The maximum Gasteiger partial charge on any atom is 0.488 e. The quantitative estimate of drug-likeness (QED) is 0.659. The Kier molecular flexibility index (Phi) is 4.79. The van der Waals surface area contributed by atoms with E-state index in [2.05, 4.69) is 0 Å². The molecular weight excluding hydrogens is 278 g/mol. The summed E-state index contributed by atoms with van der Waals surface area (Å²) in [6, 6.07) is 12.9. The van der Waals surface area contributed by atoms with Crippen LogP contribution in [0.15, 0.2) is 48.5 Å². The van der Waals surface area contributed by atoms with Gasteiger partial charge in [-0.25, -0.2) is 4.79 Å². The summed E-state index contributed by atoms with van der Waals surface area (Å²) in [5.74, 6) is -0.482. The van der Waals surface area contributed by atoms with Gasteiger partial charge in [-0.2, -0.15) is 0 Å². The summed E-state index contributed by atoms with van der Waals surface area (Å²) in [4.78, 5) is 11.8. The van der Waals surface area contributed by atoms with Gasteiger partial charge in [0.2, 0.25) is 0 Å². The summed E-state index contributed by atoms with van der Waals surface area (Å²) in [5, 5.41) is 18.5. The fourth-order valence-electron chi connectivity index (χ4n) is 1.65. The van der Waals surface area contributed by atoms with Crippen LogP contribution in [0.4, 0.5) is 0 Å². The van der Waals surface area contributed by atoms with Crippen LogP contribution in [-0.2, 0) is 11.3 Å². The van der Waals surface area contributed by atoms with Gasteiger partial charge in [-0.1, -0.05) is 35.9 Å². The third-order valence-electron chi connectivity index (χ3n) is 2.70. The number of halogens is 1. The van der Waals surface area contributed by atoms with Gasteiger partial charge in [-0.05, 0) is 35.3 Å². The Morgan fingerprint density at radius 3 is 2.45 bits per heavy atom. The van der Waals surface area contributed by atoms with Crippen molar-refractivity contribution in [2.24, 2.45) is 0 Å². The Labute approximate surface area is 121 Å². The molecule has 0 aliphatic carbocycles. The van der Waals surface area contributed by atoms with Crippen molar-refractivity contribution in [1.82, 2.24) is 0 Å². The molecule has 0 fully saturated rings. The van der Waals surface area contributed by atoms with Crippen molar-refractivity contribution < 1.29 is 19.6 Å². The number of rotatable bonds is 4. The topological polar surface area (TPSA) is 66.8 Å². The van der Waals surface area contributed by atoms with E-state index in [4.69, 9.17) is 26.4 Å². The molecule has 0 spiro atoms. The van der Waals surface area contributed by atoms with Gasteiger partial charge in [0, 0.05) is 5.02 Å². The Balaban J connectivity index is 1.98. The number of hydrogen-bond donors (Lipinski definition) is 2. The lowest BCUT2D eigenvalue weighted by atomic mass is 9.80. The van der Waals surface area contributed by atoms with Crippen LogP contribution in [0.25, 0.3) is 0 Å². The number of ether oxygens (including phenoxy) is 1. The lowest BCUT2D eigenvalue weighted by Crippen LogP contribution is -2.29.